The molecule has 2 aromatic rings. The number of nitrogens with zero attached hydrogens (tertiary/aromatic N) is 1. The van der Waals surface area contributed by atoms with Gasteiger partial charge in [0.25, 0.3) is 0 Å². The molecule has 1 atom stereocenters. The summed E-state index contributed by atoms with van der Waals surface area (Å²) in [4.78, 5) is 12.4. The van der Waals surface area contributed by atoms with Crippen LogP contribution in [0.5, 0.6) is 0 Å². The first kappa shape index (κ1) is 14.5. The van der Waals surface area contributed by atoms with Gasteiger partial charge in [0.1, 0.15) is 12.1 Å². The Morgan fingerprint density at radius 2 is 1.95 bits per heavy atom. The van der Waals surface area contributed by atoms with Crippen LogP contribution in [-0.4, -0.2) is 13.3 Å². The Balaban J connectivity index is 2.34. The fourth-order valence-electron chi connectivity index (χ4n) is 2.11. The number of carbonyl (C=O) groups is 1. The number of carbonyl (C=O) groups excluding carboxylic acids is 1. The van der Waals surface area contributed by atoms with Crippen molar-refractivity contribution >= 4 is 23.6 Å². The number of aldehydes is 1. The Kier molecular flexibility index (Phi) is 4.40. The Bertz CT molecular complexity index is 630. The molecule has 0 N–H and O–H groups in total. The van der Waals surface area contributed by atoms with Gasteiger partial charge >= 0.3 is 0 Å². The van der Waals surface area contributed by atoms with Gasteiger partial charge in [-0.25, -0.2) is 4.39 Å². The van der Waals surface area contributed by atoms with E-state index in [1.165, 1.54) is 6.07 Å². The smallest absolute Gasteiger partial charge is 0.150 e. The van der Waals surface area contributed by atoms with Crippen molar-refractivity contribution in [2.45, 2.75) is 13.0 Å². The van der Waals surface area contributed by atoms with E-state index >= 15 is 0 Å². The second kappa shape index (κ2) is 6.06. The number of rotatable bonds is 4. The maximum absolute atomic E-state index is 14.0. The molecule has 0 saturated heterocycles. The average molecular weight is 292 g/mol. The van der Waals surface area contributed by atoms with E-state index in [1.807, 2.05) is 31.2 Å². The summed E-state index contributed by atoms with van der Waals surface area (Å²) < 4.78 is 14.0. The quantitative estimate of drug-likeness (QED) is 0.774. The summed E-state index contributed by atoms with van der Waals surface area (Å²) in [6, 6.07) is 11.8. The van der Waals surface area contributed by atoms with Crippen molar-refractivity contribution in [3.05, 3.63) is 64.4 Å². The maximum atomic E-state index is 14.0. The molecule has 0 heterocycles. The zero-order valence-corrected chi connectivity index (χ0v) is 12.1. The molecule has 20 heavy (non-hydrogen) atoms. The van der Waals surface area contributed by atoms with Crippen molar-refractivity contribution in [2.24, 2.45) is 0 Å². The van der Waals surface area contributed by atoms with E-state index < -0.39 is 5.82 Å². The average Bonchev–Trinajstić information content (AvgIpc) is 2.46. The Morgan fingerprint density at radius 1 is 1.25 bits per heavy atom. The monoisotopic (exact) mass is 291 g/mol. The number of halogens is 2. The second-order valence-electron chi connectivity index (χ2n) is 4.64. The van der Waals surface area contributed by atoms with Gasteiger partial charge < -0.3 is 4.90 Å². The summed E-state index contributed by atoms with van der Waals surface area (Å²) in [6.07, 6.45) is 0.629. The van der Waals surface area contributed by atoms with Crippen molar-refractivity contribution in [2.75, 3.05) is 11.9 Å². The molecule has 0 spiro atoms. The van der Waals surface area contributed by atoms with Crippen LogP contribution < -0.4 is 4.90 Å². The highest BCUT2D eigenvalue weighted by Gasteiger charge is 2.17. The molecule has 0 fully saturated rings. The molecule has 0 saturated carbocycles. The fourth-order valence-corrected chi connectivity index (χ4v) is 2.41. The lowest BCUT2D eigenvalue weighted by atomic mass is 10.1. The second-order valence-corrected chi connectivity index (χ2v) is 5.04. The Hall–Kier alpha value is -1.87. The molecular formula is C16H15ClFNO. The van der Waals surface area contributed by atoms with Gasteiger partial charge in [0, 0.05) is 17.6 Å². The van der Waals surface area contributed by atoms with Crippen LogP contribution in [0.2, 0.25) is 5.02 Å². The first-order valence-electron chi connectivity index (χ1n) is 6.26. The van der Waals surface area contributed by atoms with Crippen LogP contribution in [0, 0.1) is 5.82 Å². The maximum Gasteiger partial charge on any atom is 0.150 e. The van der Waals surface area contributed by atoms with Crippen molar-refractivity contribution in [3.63, 3.8) is 0 Å². The van der Waals surface area contributed by atoms with Gasteiger partial charge in [0.05, 0.1) is 11.7 Å². The van der Waals surface area contributed by atoms with Gasteiger partial charge in [-0.2, -0.15) is 0 Å². The molecule has 4 heteroatoms. The van der Waals surface area contributed by atoms with Crippen LogP contribution in [-0.2, 0) is 0 Å². The number of hydrogen-bond donors (Lipinski definition) is 0. The van der Waals surface area contributed by atoms with Crippen molar-refractivity contribution < 1.29 is 9.18 Å². The third-order valence-corrected chi connectivity index (χ3v) is 3.77. The summed E-state index contributed by atoms with van der Waals surface area (Å²) in [7, 11) is 1.80. The third-order valence-electron chi connectivity index (χ3n) is 3.42. The van der Waals surface area contributed by atoms with E-state index in [-0.39, 0.29) is 6.04 Å². The molecular weight excluding hydrogens is 277 g/mol. The molecule has 104 valence electrons. The zero-order valence-electron chi connectivity index (χ0n) is 11.3. The van der Waals surface area contributed by atoms with Crippen LogP contribution in [0.25, 0.3) is 0 Å². The third kappa shape index (κ3) is 2.83. The lowest BCUT2D eigenvalue weighted by Crippen LogP contribution is -2.23. The predicted molar refractivity (Wildman–Crippen MR) is 80.1 cm³/mol. The minimum Gasteiger partial charge on any atom is -0.365 e. The lowest BCUT2D eigenvalue weighted by Gasteiger charge is -2.28. The van der Waals surface area contributed by atoms with Crippen LogP contribution in [0.4, 0.5) is 10.1 Å². The first-order chi connectivity index (χ1) is 9.54. The zero-order chi connectivity index (χ0) is 14.7. The normalized spacial score (nSPS) is 12.0. The molecule has 0 aliphatic carbocycles. The van der Waals surface area contributed by atoms with E-state index in [9.17, 15) is 9.18 Å². The number of hydrogen-bond acceptors (Lipinski definition) is 2. The molecule has 0 amide bonds. The van der Waals surface area contributed by atoms with Gasteiger partial charge in [0.2, 0.25) is 0 Å². The summed E-state index contributed by atoms with van der Waals surface area (Å²) in [5, 5.41) is 0.650. The minimum absolute atomic E-state index is 0.0831. The van der Waals surface area contributed by atoms with Crippen LogP contribution in [0.3, 0.4) is 0 Å². The molecule has 0 aliphatic heterocycles. The molecule has 0 radical (unpaired) electrons. The molecule has 2 aromatic carbocycles. The molecule has 2 nitrogen and oxygen atoms in total. The highest BCUT2D eigenvalue weighted by atomic mass is 35.5. The fraction of sp³-hybridized carbons (Fsp3) is 0.188. The largest absolute Gasteiger partial charge is 0.365 e. The van der Waals surface area contributed by atoms with Gasteiger partial charge in [-0.15, -0.1) is 0 Å². The topological polar surface area (TPSA) is 20.3 Å². The minimum atomic E-state index is -0.420. The van der Waals surface area contributed by atoms with E-state index in [0.29, 0.717) is 22.6 Å². The molecule has 1 unspecified atom stereocenters. The Morgan fingerprint density at radius 3 is 2.55 bits per heavy atom. The molecule has 0 bridgehead atoms. The highest BCUT2D eigenvalue weighted by molar-refractivity contribution is 6.31. The van der Waals surface area contributed by atoms with Gasteiger partial charge in [-0.05, 0) is 36.8 Å². The molecule has 2 rings (SSSR count). The highest BCUT2D eigenvalue weighted by Crippen LogP contribution is 2.31. The summed E-state index contributed by atoms with van der Waals surface area (Å²) >= 11 is 6.17. The van der Waals surface area contributed by atoms with E-state index in [0.717, 1.165) is 5.56 Å². The van der Waals surface area contributed by atoms with Crippen LogP contribution in [0.1, 0.15) is 28.9 Å². The van der Waals surface area contributed by atoms with Gasteiger partial charge in [0.15, 0.2) is 0 Å². The molecule has 0 aromatic heterocycles. The van der Waals surface area contributed by atoms with E-state index in [2.05, 4.69) is 0 Å². The lowest BCUT2D eigenvalue weighted by molar-refractivity contribution is 0.112. The summed E-state index contributed by atoms with van der Waals surface area (Å²) in [6.45, 7) is 1.95. The summed E-state index contributed by atoms with van der Waals surface area (Å²) in [5.41, 5.74) is 1.68. The number of anilines is 1. The van der Waals surface area contributed by atoms with E-state index in [4.69, 9.17) is 11.6 Å². The SMILES string of the molecule is CC(c1ccccc1Cl)N(C)c1ccc(C=O)cc1F. The first-order valence-corrected chi connectivity index (χ1v) is 6.64. The standard InChI is InChI=1S/C16H15ClFNO/c1-11(13-5-3-4-6-14(13)17)19(2)16-8-7-12(10-20)9-15(16)18/h3-11H,1-2H3. The predicted octanol–water partition coefficient (Wildman–Crippen LogP) is 4.49. The van der Waals surface area contributed by atoms with Crippen LogP contribution >= 0.6 is 11.6 Å². The summed E-state index contributed by atoms with van der Waals surface area (Å²) in [5.74, 6) is -0.420. The van der Waals surface area contributed by atoms with Crippen molar-refractivity contribution in [1.82, 2.24) is 0 Å². The number of benzene rings is 2. The van der Waals surface area contributed by atoms with Crippen LogP contribution in [0.15, 0.2) is 42.5 Å². The van der Waals surface area contributed by atoms with Crippen molar-refractivity contribution in [1.29, 1.82) is 0 Å². The van der Waals surface area contributed by atoms with Crippen molar-refractivity contribution in [3.8, 4) is 0 Å². The van der Waals surface area contributed by atoms with Gasteiger partial charge in [-0.3, -0.25) is 4.79 Å². The van der Waals surface area contributed by atoms with E-state index in [1.54, 1.807) is 24.1 Å². The Labute approximate surface area is 122 Å². The van der Waals surface area contributed by atoms with Gasteiger partial charge in [-0.1, -0.05) is 29.8 Å². The molecule has 0 aliphatic rings.